The highest BCUT2D eigenvalue weighted by Crippen LogP contribution is 2.27. The third-order valence-electron chi connectivity index (χ3n) is 2.33. The van der Waals surface area contributed by atoms with Crippen LogP contribution in [0.4, 0.5) is 0 Å². The molecule has 0 aromatic rings. The van der Waals surface area contributed by atoms with Crippen LogP contribution in [0.1, 0.15) is 38.5 Å². The highest BCUT2D eigenvalue weighted by molar-refractivity contribution is 7.90. The van der Waals surface area contributed by atoms with E-state index in [2.05, 4.69) is 4.72 Å². The van der Waals surface area contributed by atoms with Crippen molar-refractivity contribution in [2.24, 2.45) is 0 Å². The van der Waals surface area contributed by atoms with Gasteiger partial charge in [-0.05, 0) is 25.7 Å². The number of halogens is 1. The molecular weight excluding hydrogens is 222 g/mol. The molecule has 0 aliphatic heterocycles. The lowest BCUT2D eigenvalue weighted by Crippen LogP contribution is -2.28. The summed E-state index contributed by atoms with van der Waals surface area (Å²) in [4.78, 5) is 0. The molecule has 0 radical (unpaired) electrons. The van der Waals surface area contributed by atoms with Crippen molar-refractivity contribution in [3.8, 4) is 0 Å². The van der Waals surface area contributed by atoms with Crippen LogP contribution in [-0.4, -0.2) is 26.1 Å². The fourth-order valence-electron chi connectivity index (χ4n) is 1.28. The summed E-state index contributed by atoms with van der Waals surface area (Å²) in [7, 11) is -2.96. The largest absolute Gasteiger partial charge is 0.215 e. The molecule has 84 valence electrons. The van der Waals surface area contributed by atoms with E-state index in [1.807, 2.05) is 0 Å². The van der Waals surface area contributed by atoms with E-state index in [1.54, 1.807) is 0 Å². The molecule has 0 saturated heterocycles. The van der Waals surface area contributed by atoms with Crippen molar-refractivity contribution in [2.75, 3.05) is 12.4 Å². The lowest BCUT2D eigenvalue weighted by atomic mass is 10.2. The van der Waals surface area contributed by atoms with Gasteiger partial charge >= 0.3 is 0 Å². The molecule has 3 nitrogen and oxygen atoms in total. The minimum Gasteiger partial charge on any atom is -0.215 e. The highest BCUT2D eigenvalue weighted by Gasteiger charge is 2.34. The van der Waals surface area contributed by atoms with Crippen LogP contribution in [0, 0.1) is 0 Å². The summed E-state index contributed by atoms with van der Waals surface area (Å²) in [5, 5.41) is -0.0923. The van der Waals surface area contributed by atoms with Gasteiger partial charge in [0, 0.05) is 12.4 Å². The van der Waals surface area contributed by atoms with Gasteiger partial charge in [0.15, 0.2) is 0 Å². The first-order valence-electron chi connectivity index (χ1n) is 5.21. The molecule has 0 heterocycles. The Morgan fingerprint density at radius 3 is 2.36 bits per heavy atom. The Morgan fingerprint density at radius 2 is 1.79 bits per heavy atom. The molecule has 5 heteroatoms. The van der Waals surface area contributed by atoms with Gasteiger partial charge in [0.1, 0.15) is 0 Å². The number of unbranched alkanes of at least 4 members (excludes halogenated alkanes) is 3. The number of hydrogen-bond donors (Lipinski definition) is 1. The van der Waals surface area contributed by atoms with Gasteiger partial charge in [0.25, 0.3) is 0 Å². The maximum Gasteiger partial charge on any atom is 0.214 e. The Hall–Kier alpha value is 0.200. The van der Waals surface area contributed by atoms with E-state index in [1.165, 1.54) is 0 Å². The van der Waals surface area contributed by atoms with E-state index in [0.717, 1.165) is 38.5 Å². The third-order valence-corrected chi connectivity index (χ3v) is 4.55. The summed E-state index contributed by atoms with van der Waals surface area (Å²) in [5.74, 6) is 0.702. The van der Waals surface area contributed by atoms with Crippen molar-refractivity contribution in [1.29, 1.82) is 0 Å². The van der Waals surface area contributed by atoms with Crippen LogP contribution in [0.25, 0.3) is 0 Å². The average Bonchev–Trinajstić information content (AvgIpc) is 2.94. The predicted octanol–water partition coefficient (Wildman–Crippen LogP) is 1.87. The molecule has 14 heavy (non-hydrogen) atoms. The molecule has 0 atom stereocenters. The molecule has 1 saturated carbocycles. The zero-order valence-corrected chi connectivity index (χ0v) is 9.91. The second-order valence-corrected chi connectivity index (χ2v) is 6.17. The van der Waals surface area contributed by atoms with Crippen LogP contribution in [0.2, 0.25) is 0 Å². The Labute approximate surface area is 91.3 Å². The fourth-order valence-corrected chi connectivity index (χ4v) is 2.89. The molecule has 1 aliphatic carbocycles. The topological polar surface area (TPSA) is 46.2 Å². The van der Waals surface area contributed by atoms with E-state index < -0.39 is 10.0 Å². The maximum absolute atomic E-state index is 11.3. The summed E-state index contributed by atoms with van der Waals surface area (Å²) in [6.07, 6.45) is 5.76. The van der Waals surface area contributed by atoms with Gasteiger partial charge < -0.3 is 0 Å². The molecule has 1 aliphatic rings. The number of rotatable bonds is 8. The van der Waals surface area contributed by atoms with Crippen molar-refractivity contribution in [1.82, 2.24) is 4.72 Å². The Bertz CT molecular complexity index is 250. The van der Waals surface area contributed by atoms with Gasteiger partial charge in [-0.3, -0.25) is 0 Å². The number of sulfonamides is 1. The van der Waals surface area contributed by atoms with E-state index >= 15 is 0 Å². The van der Waals surface area contributed by atoms with Crippen LogP contribution in [0.15, 0.2) is 0 Å². The molecule has 1 rings (SSSR count). The fraction of sp³-hybridized carbons (Fsp3) is 1.00. The smallest absolute Gasteiger partial charge is 0.214 e. The number of hydrogen-bond acceptors (Lipinski definition) is 2. The van der Waals surface area contributed by atoms with E-state index in [0.29, 0.717) is 12.4 Å². The molecule has 0 amide bonds. The van der Waals surface area contributed by atoms with Crippen molar-refractivity contribution >= 4 is 21.6 Å². The monoisotopic (exact) mass is 239 g/mol. The van der Waals surface area contributed by atoms with Crippen LogP contribution in [-0.2, 0) is 10.0 Å². The Morgan fingerprint density at radius 1 is 1.14 bits per heavy atom. The van der Waals surface area contributed by atoms with Crippen LogP contribution in [0.5, 0.6) is 0 Å². The minimum absolute atomic E-state index is 0.0923. The lowest BCUT2D eigenvalue weighted by Gasteiger charge is -2.04. The standard InChI is InChI=1S/C9H18ClNO2S/c10-7-3-1-2-4-8-11-14(12,13)9-5-6-9/h9,11H,1-8H2. The number of alkyl halides is 1. The highest BCUT2D eigenvalue weighted by atomic mass is 35.5. The van der Waals surface area contributed by atoms with Crippen LogP contribution >= 0.6 is 11.6 Å². The molecule has 1 fully saturated rings. The van der Waals surface area contributed by atoms with Crippen molar-refractivity contribution in [3.63, 3.8) is 0 Å². The minimum atomic E-state index is -2.96. The van der Waals surface area contributed by atoms with E-state index in [-0.39, 0.29) is 5.25 Å². The Kier molecular flexibility index (Phi) is 5.20. The van der Waals surface area contributed by atoms with Gasteiger partial charge in [-0.2, -0.15) is 0 Å². The van der Waals surface area contributed by atoms with Crippen molar-refractivity contribution in [3.05, 3.63) is 0 Å². The van der Waals surface area contributed by atoms with E-state index in [9.17, 15) is 8.42 Å². The summed E-state index contributed by atoms with van der Waals surface area (Å²) in [6.45, 7) is 0.584. The van der Waals surface area contributed by atoms with Crippen LogP contribution in [0.3, 0.4) is 0 Å². The zero-order valence-electron chi connectivity index (χ0n) is 8.34. The zero-order chi connectivity index (χ0) is 10.4. The van der Waals surface area contributed by atoms with Crippen LogP contribution < -0.4 is 4.72 Å². The molecule has 0 aromatic carbocycles. The SMILES string of the molecule is O=S(=O)(NCCCCCCCl)C1CC1. The second kappa shape index (κ2) is 5.93. The Balaban J connectivity index is 1.98. The average molecular weight is 240 g/mol. The lowest BCUT2D eigenvalue weighted by molar-refractivity contribution is 0.572. The van der Waals surface area contributed by atoms with Crippen molar-refractivity contribution < 1.29 is 8.42 Å². The molecule has 0 aromatic heterocycles. The summed E-state index contributed by atoms with van der Waals surface area (Å²) in [6, 6.07) is 0. The van der Waals surface area contributed by atoms with E-state index in [4.69, 9.17) is 11.6 Å². The van der Waals surface area contributed by atoms with Gasteiger partial charge in [0.2, 0.25) is 10.0 Å². The molecule has 1 N–H and O–H groups in total. The second-order valence-electron chi connectivity index (χ2n) is 3.74. The maximum atomic E-state index is 11.3. The van der Waals surface area contributed by atoms with Gasteiger partial charge in [0.05, 0.1) is 5.25 Å². The quantitative estimate of drug-likeness (QED) is 0.519. The summed E-state index contributed by atoms with van der Waals surface area (Å²) < 4.78 is 25.3. The first-order valence-corrected chi connectivity index (χ1v) is 7.29. The van der Waals surface area contributed by atoms with Gasteiger partial charge in [-0.25, -0.2) is 13.1 Å². The first-order chi connectivity index (χ1) is 6.67. The molecular formula is C9H18ClNO2S. The molecule has 0 bridgehead atoms. The first kappa shape index (κ1) is 12.3. The normalized spacial score (nSPS) is 17.2. The predicted molar refractivity (Wildman–Crippen MR) is 59.1 cm³/mol. The summed E-state index contributed by atoms with van der Waals surface area (Å²) >= 11 is 5.53. The summed E-state index contributed by atoms with van der Waals surface area (Å²) in [5.41, 5.74) is 0. The molecule has 0 spiro atoms. The van der Waals surface area contributed by atoms with Crippen molar-refractivity contribution in [2.45, 2.75) is 43.8 Å². The molecule has 0 unspecified atom stereocenters. The third kappa shape index (κ3) is 4.62. The number of nitrogens with one attached hydrogen (secondary N) is 1. The van der Waals surface area contributed by atoms with Gasteiger partial charge in [-0.15, -0.1) is 11.6 Å². The van der Waals surface area contributed by atoms with Gasteiger partial charge in [-0.1, -0.05) is 12.8 Å².